The van der Waals surface area contributed by atoms with Crippen LogP contribution in [0.3, 0.4) is 0 Å². The summed E-state index contributed by atoms with van der Waals surface area (Å²) in [6, 6.07) is 0. The second-order valence-corrected chi connectivity index (χ2v) is 11.3. The van der Waals surface area contributed by atoms with Crippen molar-refractivity contribution in [1.29, 1.82) is 0 Å². The van der Waals surface area contributed by atoms with Crippen molar-refractivity contribution < 1.29 is 4.43 Å². The van der Waals surface area contributed by atoms with Crippen LogP contribution in [0.4, 0.5) is 0 Å². The van der Waals surface area contributed by atoms with E-state index in [0.717, 1.165) is 0 Å². The summed E-state index contributed by atoms with van der Waals surface area (Å²) in [5, 5.41) is 0.287. The third-order valence-corrected chi connectivity index (χ3v) is 8.41. The van der Waals surface area contributed by atoms with Gasteiger partial charge in [0.25, 0.3) is 0 Å². The Morgan fingerprint density at radius 3 is 2.18 bits per heavy atom. The number of allylic oxidation sites excluding steroid dienone is 3. The maximum absolute atomic E-state index is 6.00. The van der Waals surface area contributed by atoms with Crippen molar-refractivity contribution in [1.82, 2.24) is 0 Å². The molecule has 0 saturated heterocycles. The van der Waals surface area contributed by atoms with Gasteiger partial charge in [-0.3, -0.25) is 0 Å². The lowest BCUT2D eigenvalue weighted by Gasteiger charge is -2.34. The molecular weight excluding hydrogens is 224 g/mol. The first-order chi connectivity index (χ1) is 7.83. The highest BCUT2D eigenvalue weighted by molar-refractivity contribution is 6.74. The molecule has 0 aromatic carbocycles. The average molecular weight is 252 g/mol. The fourth-order valence-electron chi connectivity index (χ4n) is 1.73. The SMILES string of the molecule is CC(C)(C)[Si](C)(C)O/C=C\C=C1CCCCC1. The van der Waals surface area contributed by atoms with Gasteiger partial charge in [-0.1, -0.05) is 38.8 Å². The molecule has 0 unspecified atom stereocenters. The van der Waals surface area contributed by atoms with Gasteiger partial charge in [0.2, 0.25) is 8.32 Å². The molecule has 0 amide bonds. The summed E-state index contributed by atoms with van der Waals surface area (Å²) in [4.78, 5) is 0. The fraction of sp³-hybridized carbons (Fsp3) is 0.733. The Bertz CT molecular complexity index is 287. The maximum atomic E-state index is 6.00. The van der Waals surface area contributed by atoms with Crippen molar-refractivity contribution in [3.63, 3.8) is 0 Å². The molecule has 1 fully saturated rings. The second kappa shape index (κ2) is 5.90. The Morgan fingerprint density at radius 2 is 1.65 bits per heavy atom. The van der Waals surface area contributed by atoms with Crippen LogP contribution in [0.5, 0.6) is 0 Å². The summed E-state index contributed by atoms with van der Waals surface area (Å²) in [5.41, 5.74) is 1.59. The van der Waals surface area contributed by atoms with Crippen molar-refractivity contribution in [3.05, 3.63) is 24.0 Å². The molecule has 0 heterocycles. The molecule has 0 N–H and O–H groups in total. The molecule has 1 aliphatic rings. The van der Waals surface area contributed by atoms with Gasteiger partial charge in [0, 0.05) is 0 Å². The van der Waals surface area contributed by atoms with Crippen molar-refractivity contribution in [2.24, 2.45) is 0 Å². The standard InChI is InChI=1S/C15H28OSi/c1-15(2,3)17(4,5)16-13-9-12-14-10-7-6-8-11-14/h9,12-13H,6-8,10-11H2,1-5H3/b13-9-. The van der Waals surface area contributed by atoms with Crippen LogP contribution >= 0.6 is 0 Å². The molecule has 1 nitrogen and oxygen atoms in total. The third-order valence-electron chi connectivity index (χ3n) is 4.08. The van der Waals surface area contributed by atoms with E-state index in [9.17, 15) is 0 Å². The summed E-state index contributed by atoms with van der Waals surface area (Å²) >= 11 is 0. The molecular formula is C15H28OSi. The van der Waals surface area contributed by atoms with Crippen LogP contribution < -0.4 is 0 Å². The van der Waals surface area contributed by atoms with E-state index in [4.69, 9.17) is 4.43 Å². The molecule has 2 heteroatoms. The molecule has 1 aliphatic carbocycles. The highest BCUT2D eigenvalue weighted by Crippen LogP contribution is 2.36. The molecule has 98 valence electrons. The molecule has 1 rings (SSSR count). The normalized spacial score (nSPS) is 18.5. The zero-order chi connectivity index (χ0) is 12.9. The monoisotopic (exact) mass is 252 g/mol. The Morgan fingerprint density at radius 1 is 1.06 bits per heavy atom. The van der Waals surface area contributed by atoms with E-state index >= 15 is 0 Å². The van der Waals surface area contributed by atoms with E-state index in [2.05, 4.69) is 46.0 Å². The first-order valence-electron chi connectivity index (χ1n) is 6.85. The van der Waals surface area contributed by atoms with Gasteiger partial charge in [-0.05, 0) is 49.9 Å². The van der Waals surface area contributed by atoms with Gasteiger partial charge in [0.1, 0.15) is 0 Å². The predicted molar refractivity (Wildman–Crippen MR) is 78.6 cm³/mol. The van der Waals surface area contributed by atoms with Crippen molar-refractivity contribution in [3.8, 4) is 0 Å². The summed E-state index contributed by atoms with van der Waals surface area (Å²) in [5.74, 6) is 0. The Kier molecular flexibility index (Phi) is 5.05. The summed E-state index contributed by atoms with van der Waals surface area (Å²) in [6.07, 6.45) is 13.0. The predicted octanol–water partition coefficient (Wildman–Crippen LogP) is 5.41. The van der Waals surface area contributed by atoms with Crippen LogP contribution in [-0.4, -0.2) is 8.32 Å². The van der Waals surface area contributed by atoms with E-state index in [1.54, 1.807) is 5.57 Å². The quantitative estimate of drug-likeness (QED) is 0.482. The maximum Gasteiger partial charge on any atom is 0.249 e. The molecule has 0 spiro atoms. The van der Waals surface area contributed by atoms with Crippen molar-refractivity contribution in [2.75, 3.05) is 0 Å². The highest BCUT2D eigenvalue weighted by Gasteiger charge is 2.37. The van der Waals surface area contributed by atoms with Gasteiger partial charge < -0.3 is 4.43 Å². The number of hydrogen-bond acceptors (Lipinski definition) is 1. The average Bonchev–Trinajstić information content (AvgIpc) is 2.24. The summed E-state index contributed by atoms with van der Waals surface area (Å²) < 4.78 is 6.00. The largest absolute Gasteiger partial charge is 0.549 e. The lowest BCUT2D eigenvalue weighted by Crippen LogP contribution is -2.39. The minimum absolute atomic E-state index is 0.287. The molecule has 0 aromatic heterocycles. The fourth-order valence-corrected chi connectivity index (χ4v) is 2.51. The molecule has 17 heavy (non-hydrogen) atoms. The van der Waals surface area contributed by atoms with Crippen LogP contribution in [0, 0.1) is 0 Å². The zero-order valence-corrected chi connectivity index (χ0v) is 13.2. The second-order valence-electron chi connectivity index (χ2n) is 6.59. The molecule has 1 saturated carbocycles. The van der Waals surface area contributed by atoms with Crippen molar-refractivity contribution in [2.45, 2.75) is 71.0 Å². The van der Waals surface area contributed by atoms with E-state index in [1.165, 1.54) is 32.1 Å². The Balaban J connectivity index is 2.44. The number of hydrogen-bond donors (Lipinski definition) is 0. The molecule has 0 bridgehead atoms. The lowest BCUT2D eigenvalue weighted by molar-refractivity contribution is 0.430. The first-order valence-corrected chi connectivity index (χ1v) is 9.76. The highest BCUT2D eigenvalue weighted by atomic mass is 28.4. The topological polar surface area (TPSA) is 9.23 Å². The van der Waals surface area contributed by atoms with Gasteiger partial charge in [-0.25, -0.2) is 0 Å². The van der Waals surface area contributed by atoms with Gasteiger partial charge in [0.05, 0.1) is 6.26 Å². The van der Waals surface area contributed by atoms with Gasteiger partial charge >= 0.3 is 0 Å². The van der Waals surface area contributed by atoms with Crippen LogP contribution in [-0.2, 0) is 4.43 Å². The van der Waals surface area contributed by atoms with Gasteiger partial charge in [0.15, 0.2) is 0 Å². The first kappa shape index (κ1) is 14.6. The molecule has 0 atom stereocenters. The van der Waals surface area contributed by atoms with E-state index in [0.29, 0.717) is 0 Å². The summed E-state index contributed by atoms with van der Waals surface area (Å²) in [6.45, 7) is 11.4. The third kappa shape index (κ3) is 4.70. The van der Waals surface area contributed by atoms with Crippen LogP contribution in [0.1, 0.15) is 52.9 Å². The van der Waals surface area contributed by atoms with Crippen LogP contribution in [0.15, 0.2) is 24.0 Å². The smallest absolute Gasteiger partial charge is 0.249 e. The molecule has 0 aliphatic heterocycles. The molecule has 0 aromatic rings. The van der Waals surface area contributed by atoms with E-state index in [1.807, 2.05) is 6.26 Å². The Labute approximate surface area is 108 Å². The van der Waals surface area contributed by atoms with Gasteiger partial charge in [-0.15, -0.1) is 0 Å². The number of rotatable bonds is 3. The van der Waals surface area contributed by atoms with E-state index in [-0.39, 0.29) is 5.04 Å². The van der Waals surface area contributed by atoms with Crippen LogP contribution in [0.2, 0.25) is 18.1 Å². The van der Waals surface area contributed by atoms with Gasteiger partial charge in [-0.2, -0.15) is 0 Å². The summed E-state index contributed by atoms with van der Waals surface area (Å²) in [7, 11) is -1.61. The van der Waals surface area contributed by atoms with Crippen LogP contribution in [0.25, 0.3) is 0 Å². The zero-order valence-electron chi connectivity index (χ0n) is 12.2. The minimum Gasteiger partial charge on any atom is -0.549 e. The minimum atomic E-state index is -1.61. The van der Waals surface area contributed by atoms with Crippen molar-refractivity contribution >= 4 is 8.32 Å². The molecule has 0 radical (unpaired) electrons. The van der Waals surface area contributed by atoms with E-state index < -0.39 is 8.32 Å². The Hall–Kier alpha value is -0.503. The lowest BCUT2D eigenvalue weighted by atomic mass is 9.95.